The number of nitrogens with one attached hydrogen (secondary N) is 4. The van der Waals surface area contributed by atoms with Crippen LogP contribution in [0.5, 0.6) is 0 Å². The molecule has 0 spiro atoms. The van der Waals surface area contributed by atoms with E-state index in [0.29, 0.717) is 39.0 Å². The van der Waals surface area contributed by atoms with Crippen LogP contribution in [0.1, 0.15) is 26.7 Å². The van der Waals surface area contributed by atoms with Crippen LogP contribution in [0.2, 0.25) is 0 Å². The van der Waals surface area contributed by atoms with Crippen molar-refractivity contribution >= 4 is 24.0 Å². The normalized spacial score (nSPS) is 10.1. The zero-order valence-electron chi connectivity index (χ0n) is 15.3. The lowest BCUT2D eigenvalue weighted by Crippen LogP contribution is -2.36. The summed E-state index contributed by atoms with van der Waals surface area (Å²) in [6, 6.07) is -0.551. The highest BCUT2D eigenvalue weighted by molar-refractivity contribution is 5.91. The second-order valence-electron chi connectivity index (χ2n) is 4.95. The monoisotopic (exact) mass is 372 g/mol. The van der Waals surface area contributed by atoms with Gasteiger partial charge in [-0.05, 0) is 26.7 Å². The van der Waals surface area contributed by atoms with E-state index < -0.39 is 11.9 Å². The number of ether oxygens (including phenoxy) is 2. The summed E-state index contributed by atoms with van der Waals surface area (Å²) in [6.07, 6.45) is 2.87. The molecule has 0 aromatic heterocycles. The van der Waals surface area contributed by atoms with E-state index in [-0.39, 0.29) is 25.3 Å². The third-order valence-electron chi connectivity index (χ3n) is 2.73. The molecule has 0 aromatic carbocycles. The molecule has 0 atom stereocenters. The van der Waals surface area contributed by atoms with Crippen molar-refractivity contribution in [1.82, 2.24) is 21.3 Å². The van der Waals surface area contributed by atoms with Crippen molar-refractivity contribution < 1.29 is 28.7 Å². The van der Waals surface area contributed by atoms with Crippen molar-refractivity contribution in [2.75, 3.05) is 39.4 Å². The van der Waals surface area contributed by atoms with Gasteiger partial charge in [0.1, 0.15) is 0 Å². The van der Waals surface area contributed by atoms with Gasteiger partial charge in [-0.25, -0.2) is 19.2 Å². The van der Waals surface area contributed by atoms with Crippen molar-refractivity contribution in [1.29, 1.82) is 0 Å². The highest BCUT2D eigenvalue weighted by atomic mass is 16.5. The molecule has 0 aliphatic carbocycles. The fourth-order valence-corrected chi connectivity index (χ4v) is 1.57. The second-order valence-corrected chi connectivity index (χ2v) is 4.95. The van der Waals surface area contributed by atoms with Gasteiger partial charge in [0.2, 0.25) is 0 Å². The first-order valence-electron chi connectivity index (χ1n) is 8.54. The highest BCUT2D eigenvalue weighted by Gasteiger charge is 2.02. The van der Waals surface area contributed by atoms with Crippen LogP contribution >= 0.6 is 0 Å². The molecule has 26 heavy (non-hydrogen) atoms. The largest absolute Gasteiger partial charge is 0.462 e. The van der Waals surface area contributed by atoms with Gasteiger partial charge >= 0.3 is 24.0 Å². The van der Waals surface area contributed by atoms with Crippen molar-refractivity contribution in [3.8, 4) is 0 Å². The van der Waals surface area contributed by atoms with Gasteiger partial charge in [-0.15, -0.1) is 0 Å². The third kappa shape index (κ3) is 14.8. The Bertz CT molecular complexity index is 439. The molecule has 0 fully saturated rings. The molecular formula is C16H28N4O6. The molecule has 0 radical (unpaired) electrons. The molecule has 0 unspecified atom stereocenters. The molecule has 0 saturated carbocycles. The summed E-state index contributed by atoms with van der Waals surface area (Å²) < 4.78 is 9.73. The molecule has 148 valence electrons. The van der Waals surface area contributed by atoms with E-state index in [2.05, 4.69) is 21.3 Å². The minimum Gasteiger partial charge on any atom is -0.462 e. The molecule has 10 heteroatoms. The van der Waals surface area contributed by atoms with Gasteiger partial charge in [-0.2, -0.15) is 0 Å². The number of esters is 2. The van der Waals surface area contributed by atoms with Gasteiger partial charge in [0.15, 0.2) is 0 Å². The van der Waals surface area contributed by atoms with Gasteiger partial charge in [0.25, 0.3) is 0 Å². The lowest BCUT2D eigenvalue weighted by atomic mass is 10.4. The summed E-state index contributed by atoms with van der Waals surface area (Å²) in [6.45, 7) is 5.67. The Morgan fingerprint density at radius 2 is 1.08 bits per heavy atom. The van der Waals surface area contributed by atoms with Crippen LogP contribution in [-0.4, -0.2) is 63.4 Å². The predicted octanol–water partition coefficient (Wildman–Crippen LogP) is 0.0474. The second kappa shape index (κ2) is 15.7. The van der Waals surface area contributed by atoms with Crippen molar-refractivity contribution in [3.05, 3.63) is 12.2 Å². The minimum absolute atomic E-state index is 0.121. The molecule has 4 amide bonds. The summed E-state index contributed by atoms with van der Waals surface area (Å²) in [5.74, 6) is -1.34. The molecule has 0 rings (SSSR count). The topological polar surface area (TPSA) is 135 Å². The molecule has 0 aliphatic rings. The average molecular weight is 372 g/mol. The first kappa shape index (κ1) is 23.2. The molecule has 0 aliphatic heterocycles. The maximum Gasteiger partial charge on any atom is 0.331 e. The van der Waals surface area contributed by atoms with E-state index in [4.69, 9.17) is 9.47 Å². The molecule has 0 bridgehead atoms. The Balaban J connectivity index is 3.65. The number of rotatable bonds is 12. The van der Waals surface area contributed by atoms with Crippen LogP contribution in [0, 0.1) is 0 Å². The highest BCUT2D eigenvalue weighted by Crippen LogP contribution is 1.89. The first-order chi connectivity index (χ1) is 12.5. The SMILES string of the molecule is CCNC(=O)NCCCOC(=O)/C=C/C(=O)OCCCNC(=O)NCC. The Morgan fingerprint density at radius 3 is 1.42 bits per heavy atom. The lowest BCUT2D eigenvalue weighted by molar-refractivity contribution is -0.140. The molecule has 0 heterocycles. The number of carbonyl (C=O) groups is 4. The number of hydrogen-bond acceptors (Lipinski definition) is 6. The maximum absolute atomic E-state index is 11.4. The Kier molecular flexibility index (Phi) is 14.0. The van der Waals surface area contributed by atoms with Crippen LogP contribution in [0.3, 0.4) is 0 Å². The van der Waals surface area contributed by atoms with E-state index in [0.717, 1.165) is 12.2 Å². The fraction of sp³-hybridized carbons (Fsp3) is 0.625. The van der Waals surface area contributed by atoms with E-state index in [9.17, 15) is 19.2 Å². The minimum atomic E-state index is -0.669. The Hall–Kier alpha value is -2.78. The first-order valence-corrected chi connectivity index (χ1v) is 8.54. The van der Waals surface area contributed by atoms with Crippen LogP contribution in [-0.2, 0) is 19.1 Å². The number of hydrogen-bond donors (Lipinski definition) is 4. The smallest absolute Gasteiger partial charge is 0.331 e. The van der Waals surface area contributed by atoms with E-state index in [1.165, 1.54) is 0 Å². The zero-order valence-corrected chi connectivity index (χ0v) is 15.3. The lowest BCUT2D eigenvalue weighted by Gasteiger charge is -2.06. The van der Waals surface area contributed by atoms with Gasteiger partial charge in [0.05, 0.1) is 13.2 Å². The van der Waals surface area contributed by atoms with Crippen molar-refractivity contribution in [2.24, 2.45) is 0 Å². The van der Waals surface area contributed by atoms with Gasteiger partial charge in [-0.1, -0.05) is 0 Å². The standard InChI is InChI=1S/C16H28N4O6/c1-3-17-15(23)19-9-5-11-25-13(21)7-8-14(22)26-12-6-10-20-16(24)18-4-2/h7-8H,3-6,9-12H2,1-2H3,(H2,17,19,23)(H2,18,20,24)/b8-7+. The van der Waals surface area contributed by atoms with E-state index >= 15 is 0 Å². The number of urea groups is 2. The zero-order chi connectivity index (χ0) is 19.6. The van der Waals surface area contributed by atoms with Crippen LogP contribution in [0.25, 0.3) is 0 Å². The summed E-state index contributed by atoms with van der Waals surface area (Å²) in [7, 11) is 0. The summed E-state index contributed by atoms with van der Waals surface area (Å²) in [4.78, 5) is 45.0. The molecule has 4 N–H and O–H groups in total. The van der Waals surface area contributed by atoms with Crippen LogP contribution in [0.15, 0.2) is 12.2 Å². The Labute approximate surface area is 153 Å². The summed E-state index contributed by atoms with van der Waals surface area (Å²) >= 11 is 0. The van der Waals surface area contributed by atoms with Crippen LogP contribution in [0.4, 0.5) is 9.59 Å². The average Bonchev–Trinajstić information content (AvgIpc) is 2.59. The molecule has 10 nitrogen and oxygen atoms in total. The van der Waals surface area contributed by atoms with E-state index in [1.54, 1.807) is 0 Å². The number of amides is 4. The van der Waals surface area contributed by atoms with Gasteiger partial charge < -0.3 is 30.7 Å². The summed E-state index contributed by atoms with van der Waals surface area (Å²) in [5.41, 5.74) is 0. The van der Waals surface area contributed by atoms with Gasteiger partial charge in [0, 0.05) is 38.3 Å². The fourth-order valence-electron chi connectivity index (χ4n) is 1.57. The van der Waals surface area contributed by atoms with E-state index in [1.807, 2.05) is 13.8 Å². The maximum atomic E-state index is 11.4. The van der Waals surface area contributed by atoms with Crippen molar-refractivity contribution in [2.45, 2.75) is 26.7 Å². The van der Waals surface area contributed by atoms with Crippen molar-refractivity contribution in [3.63, 3.8) is 0 Å². The Morgan fingerprint density at radius 1 is 0.692 bits per heavy atom. The predicted molar refractivity (Wildman–Crippen MR) is 94.4 cm³/mol. The quantitative estimate of drug-likeness (QED) is 0.217. The molecular weight excluding hydrogens is 344 g/mol. The van der Waals surface area contributed by atoms with Crippen LogP contribution < -0.4 is 21.3 Å². The third-order valence-corrected chi connectivity index (χ3v) is 2.73. The van der Waals surface area contributed by atoms with Gasteiger partial charge in [-0.3, -0.25) is 0 Å². The number of carbonyl (C=O) groups excluding carboxylic acids is 4. The molecule has 0 aromatic rings. The summed E-state index contributed by atoms with van der Waals surface area (Å²) in [5, 5.41) is 10.3. The molecule has 0 saturated heterocycles.